The second-order valence-electron chi connectivity index (χ2n) is 5.79. The molecule has 0 unspecified atom stereocenters. The molecule has 3 rings (SSSR count). The van der Waals surface area contributed by atoms with Crippen molar-refractivity contribution in [1.82, 2.24) is 20.1 Å². The van der Waals surface area contributed by atoms with Gasteiger partial charge < -0.3 is 10.2 Å². The highest BCUT2D eigenvalue weighted by molar-refractivity contribution is 5.46. The average Bonchev–Trinajstić information content (AvgIpc) is 3.10. The molecule has 1 heterocycles. The molecule has 0 aliphatic carbocycles. The largest absolute Gasteiger partial charge is 0.378 e. The van der Waals surface area contributed by atoms with Crippen molar-refractivity contribution in [2.75, 3.05) is 19.0 Å². The summed E-state index contributed by atoms with van der Waals surface area (Å²) in [7, 11) is 4.04. The minimum atomic E-state index is -0.310. The minimum absolute atomic E-state index is 0.310. The van der Waals surface area contributed by atoms with Gasteiger partial charge in [-0.25, -0.2) is 14.1 Å². The summed E-state index contributed by atoms with van der Waals surface area (Å²) in [5, 5.41) is 7.28. The Morgan fingerprint density at radius 2 is 1.75 bits per heavy atom. The van der Waals surface area contributed by atoms with E-state index < -0.39 is 0 Å². The number of hydrogen-bond donors (Lipinski definition) is 1. The van der Waals surface area contributed by atoms with Crippen LogP contribution in [-0.2, 0) is 13.1 Å². The number of rotatable bonds is 6. The SMILES string of the molecule is CN(C)c1ccc(CNCc2ccc(-n3cncn3)c(F)c2)cc1. The van der Waals surface area contributed by atoms with Gasteiger partial charge in [0.15, 0.2) is 0 Å². The third-order valence-corrected chi connectivity index (χ3v) is 3.79. The first-order chi connectivity index (χ1) is 11.6. The summed E-state index contributed by atoms with van der Waals surface area (Å²) in [4.78, 5) is 5.90. The monoisotopic (exact) mass is 325 g/mol. The lowest BCUT2D eigenvalue weighted by molar-refractivity contribution is 0.604. The fourth-order valence-corrected chi connectivity index (χ4v) is 2.44. The van der Waals surface area contributed by atoms with Gasteiger partial charge in [-0.2, -0.15) is 5.10 Å². The van der Waals surface area contributed by atoms with E-state index in [2.05, 4.69) is 44.6 Å². The molecule has 0 fully saturated rings. The maximum Gasteiger partial charge on any atom is 0.149 e. The van der Waals surface area contributed by atoms with Crippen molar-refractivity contribution in [3.05, 3.63) is 72.1 Å². The third kappa shape index (κ3) is 3.78. The number of hydrogen-bond acceptors (Lipinski definition) is 4. The van der Waals surface area contributed by atoms with Crippen LogP contribution < -0.4 is 10.2 Å². The molecule has 0 atom stereocenters. The Morgan fingerprint density at radius 1 is 1.04 bits per heavy atom. The molecule has 0 saturated heterocycles. The van der Waals surface area contributed by atoms with E-state index in [4.69, 9.17) is 0 Å². The molecule has 2 aromatic carbocycles. The van der Waals surface area contributed by atoms with E-state index >= 15 is 0 Å². The van der Waals surface area contributed by atoms with Gasteiger partial charge in [0.25, 0.3) is 0 Å². The zero-order valence-electron chi connectivity index (χ0n) is 13.8. The normalized spacial score (nSPS) is 10.8. The van der Waals surface area contributed by atoms with E-state index in [0.29, 0.717) is 12.2 Å². The summed E-state index contributed by atoms with van der Waals surface area (Å²) >= 11 is 0. The van der Waals surface area contributed by atoms with Gasteiger partial charge in [-0.1, -0.05) is 18.2 Å². The number of halogens is 1. The van der Waals surface area contributed by atoms with Crippen molar-refractivity contribution in [2.24, 2.45) is 0 Å². The molecule has 1 N–H and O–H groups in total. The van der Waals surface area contributed by atoms with Gasteiger partial charge in [0.1, 0.15) is 24.2 Å². The first-order valence-corrected chi connectivity index (χ1v) is 7.74. The molecule has 0 aliphatic heterocycles. The van der Waals surface area contributed by atoms with E-state index in [9.17, 15) is 4.39 Å². The summed E-state index contributed by atoms with van der Waals surface area (Å²) in [5.41, 5.74) is 3.65. The molecule has 0 spiro atoms. The van der Waals surface area contributed by atoms with Crippen LogP contribution in [0.15, 0.2) is 55.1 Å². The molecule has 6 heteroatoms. The molecule has 0 amide bonds. The zero-order chi connectivity index (χ0) is 16.9. The molecule has 0 radical (unpaired) electrons. The van der Waals surface area contributed by atoms with Crippen molar-refractivity contribution in [2.45, 2.75) is 13.1 Å². The number of anilines is 1. The highest BCUT2D eigenvalue weighted by Crippen LogP contribution is 2.15. The summed E-state index contributed by atoms with van der Waals surface area (Å²) < 4.78 is 15.6. The molecule has 0 saturated carbocycles. The van der Waals surface area contributed by atoms with Crippen molar-refractivity contribution < 1.29 is 4.39 Å². The van der Waals surface area contributed by atoms with Gasteiger partial charge in [0, 0.05) is 32.9 Å². The number of benzene rings is 2. The number of aromatic nitrogens is 3. The topological polar surface area (TPSA) is 46.0 Å². The molecule has 0 bridgehead atoms. The Kier molecular flexibility index (Phi) is 4.86. The van der Waals surface area contributed by atoms with Crippen LogP contribution in [-0.4, -0.2) is 28.9 Å². The first kappa shape index (κ1) is 16.1. The minimum Gasteiger partial charge on any atom is -0.378 e. The van der Waals surface area contributed by atoms with Gasteiger partial charge >= 0.3 is 0 Å². The first-order valence-electron chi connectivity index (χ1n) is 7.74. The van der Waals surface area contributed by atoms with Gasteiger partial charge in [0.05, 0.1) is 0 Å². The van der Waals surface area contributed by atoms with Crippen LogP contribution in [0.2, 0.25) is 0 Å². The number of nitrogens with one attached hydrogen (secondary N) is 1. The quantitative estimate of drug-likeness (QED) is 0.757. The maximum atomic E-state index is 14.2. The van der Waals surface area contributed by atoms with Crippen molar-refractivity contribution in [3.63, 3.8) is 0 Å². The maximum absolute atomic E-state index is 14.2. The van der Waals surface area contributed by atoms with Crippen LogP contribution >= 0.6 is 0 Å². The Labute approximate surface area is 140 Å². The van der Waals surface area contributed by atoms with Crippen LogP contribution in [0.5, 0.6) is 0 Å². The summed E-state index contributed by atoms with van der Waals surface area (Å²) in [6.07, 6.45) is 2.87. The molecule has 24 heavy (non-hydrogen) atoms. The molecular formula is C18H20FN5. The Morgan fingerprint density at radius 3 is 2.38 bits per heavy atom. The van der Waals surface area contributed by atoms with Crippen molar-refractivity contribution >= 4 is 5.69 Å². The second-order valence-corrected chi connectivity index (χ2v) is 5.79. The standard InChI is InChI=1S/C18H20FN5/c1-23(2)16-6-3-14(4-7-16)10-20-11-15-5-8-18(17(19)9-15)24-13-21-12-22-24/h3-9,12-13,20H,10-11H2,1-2H3. The fourth-order valence-electron chi connectivity index (χ4n) is 2.44. The van der Waals surface area contributed by atoms with Gasteiger partial charge in [-0.3, -0.25) is 0 Å². The molecule has 1 aromatic heterocycles. The summed E-state index contributed by atoms with van der Waals surface area (Å²) in [6.45, 7) is 1.34. The Bertz CT molecular complexity index is 782. The highest BCUT2D eigenvalue weighted by Gasteiger charge is 2.06. The third-order valence-electron chi connectivity index (χ3n) is 3.79. The van der Waals surface area contributed by atoms with E-state index in [0.717, 1.165) is 12.1 Å². The van der Waals surface area contributed by atoms with Gasteiger partial charge in [-0.05, 0) is 35.4 Å². The highest BCUT2D eigenvalue weighted by atomic mass is 19.1. The lowest BCUT2D eigenvalue weighted by Crippen LogP contribution is -2.13. The Hall–Kier alpha value is -2.73. The smallest absolute Gasteiger partial charge is 0.149 e. The van der Waals surface area contributed by atoms with Crippen molar-refractivity contribution in [1.29, 1.82) is 0 Å². The molecule has 124 valence electrons. The predicted molar refractivity (Wildman–Crippen MR) is 92.6 cm³/mol. The Balaban J connectivity index is 1.58. The molecule has 5 nitrogen and oxygen atoms in total. The molecule has 0 aliphatic rings. The van der Waals surface area contributed by atoms with Crippen molar-refractivity contribution in [3.8, 4) is 5.69 Å². The predicted octanol–water partition coefficient (Wildman–Crippen LogP) is 2.76. The van der Waals surface area contributed by atoms with Gasteiger partial charge in [-0.15, -0.1) is 0 Å². The van der Waals surface area contributed by atoms with Crippen LogP contribution in [0.4, 0.5) is 10.1 Å². The molecule has 3 aromatic rings. The van der Waals surface area contributed by atoms with Crippen LogP contribution in [0.3, 0.4) is 0 Å². The van der Waals surface area contributed by atoms with E-state index in [1.165, 1.54) is 34.7 Å². The second kappa shape index (κ2) is 7.23. The molecular weight excluding hydrogens is 305 g/mol. The summed E-state index contributed by atoms with van der Waals surface area (Å²) in [5.74, 6) is -0.310. The zero-order valence-corrected chi connectivity index (χ0v) is 13.8. The average molecular weight is 325 g/mol. The lowest BCUT2D eigenvalue weighted by atomic mass is 10.1. The fraction of sp³-hybridized carbons (Fsp3) is 0.222. The van der Waals surface area contributed by atoms with Crippen LogP contribution in [0, 0.1) is 5.82 Å². The summed E-state index contributed by atoms with van der Waals surface area (Å²) in [6, 6.07) is 13.5. The van der Waals surface area contributed by atoms with E-state index in [-0.39, 0.29) is 5.82 Å². The van der Waals surface area contributed by atoms with Gasteiger partial charge in [0.2, 0.25) is 0 Å². The van der Waals surface area contributed by atoms with Crippen LogP contribution in [0.25, 0.3) is 5.69 Å². The van der Waals surface area contributed by atoms with E-state index in [1.54, 1.807) is 6.07 Å². The van der Waals surface area contributed by atoms with Crippen LogP contribution in [0.1, 0.15) is 11.1 Å². The lowest BCUT2D eigenvalue weighted by Gasteiger charge is -2.13. The number of nitrogens with zero attached hydrogens (tertiary/aromatic N) is 4. The van der Waals surface area contributed by atoms with E-state index in [1.807, 2.05) is 20.2 Å².